The second-order valence-corrected chi connectivity index (χ2v) is 8.54. The highest BCUT2D eigenvalue weighted by molar-refractivity contribution is 9.10. The molecule has 0 bridgehead atoms. The average Bonchev–Trinajstić information content (AvgIpc) is 3.30. The zero-order valence-corrected chi connectivity index (χ0v) is 18.7. The van der Waals surface area contributed by atoms with Crippen LogP contribution in [0.1, 0.15) is 0 Å². The minimum atomic E-state index is -0.218. The molecule has 31 heavy (non-hydrogen) atoms. The van der Waals surface area contributed by atoms with Crippen molar-refractivity contribution < 1.29 is 4.52 Å². The summed E-state index contributed by atoms with van der Waals surface area (Å²) >= 11 is 5.12. The van der Waals surface area contributed by atoms with Crippen molar-refractivity contribution in [2.75, 3.05) is 6.26 Å². The van der Waals surface area contributed by atoms with Crippen molar-refractivity contribution in [1.82, 2.24) is 19.9 Å². The van der Waals surface area contributed by atoms with E-state index in [1.54, 1.807) is 17.8 Å². The van der Waals surface area contributed by atoms with Crippen molar-refractivity contribution in [3.63, 3.8) is 0 Å². The van der Waals surface area contributed by atoms with Gasteiger partial charge in [0.15, 0.2) is 5.69 Å². The van der Waals surface area contributed by atoms with E-state index in [4.69, 9.17) is 4.52 Å². The SMILES string of the molecule is CSc1ccc(-c2noc(-c3nn(-c4cccc(Br)c4)c(=O)c4ccccc34)n2)cc1. The van der Waals surface area contributed by atoms with Gasteiger partial charge in [0.05, 0.1) is 11.1 Å². The van der Waals surface area contributed by atoms with E-state index in [0.29, 0.717) is 28.0 Å². The van der Waals surface area contributed by atoms with Gasteiger partial charge < -0.3 is 4.52 Å². The number of rotatable bonds is 4. The summed E-state index contributed by atoms with van der Waals surface area (Å²) in [4.78, 5) is 18.8. The van der Waals surface area contributed by atoms with E-state index in [1.807, 2.05) is 73.0 Å². The molecule has 152 valence electrons. The van der Waals surface area contributed by atoms with Crippen LogP contribution in [-0.2, 0) is 0 Å². The van der Waals surface area contributed by atoms with Gasteiger partial charge in [0.2, 0.25) is 5.82 Å². The summed E-state index contributed by atoms with van der Waals surface area (Å²) in [7, 11) is 0. The van der Waals surface area contributed by atoms with Gasteiger partial charge in [-0.2, -0.15) is 14.8 Å². The lowest BCUT2D eigenvalue weighted by Crippen LogP contribution is -2.22. The number of thioether (sulfide) groups is 1. The molecule has 0 amide bonds. The van der Waals surface area contributed by atoms with Crippen LogP contribution in [0.2, 0.25) is 0 Å². The molecule has 0 spiro atoms. The molecule has 2 aromatic heterocycles. The lowest BCUT2D eigenvalue weighted by atomic mass is 10.1. The number of halogens is 1. The molecule has 0 aliphatic carbocycles. The fourth-order valence-corrected chi connectivity index (χ4v) is 4.10. The first kappa shape index (κ1) is 19.7. The molecule has 0 radical (unpaired) electrons. The van der Waals surface area contributed by atoms with E-state index in [0.717, 1.165) is 14.9 Å². The van der Waals surface area contributed by atoms with Crippen LogP contribution in [0, 0.1) is 0 Å². The number of hydrogen-bond donors (Lipinski definition) is 0. The highest BCUT2D eigenvalue weighted by Crippen LogP contribution is 2.27. The summed E-state index contributed by atoms with van der Waals surface area (Å²) in [5.74, 6) is 0.720. The van der Waals surface area contributed by atoms with Crippen molar-refractivity contribution in [2.45, 2.75) is 4.90 Å². The van der Waals surface area contributed by atoms with E-state index in [2.05, 4.69) is 31.2 Å². The van der Waals surface area contributed by atoms with Crippen molar-refractivity contribution in [3.05, 3.63) is 87.6 Å². The summed E-state index contributed by atoms with van der Waals surface area (Å²) in [5.41, 5.74) is 1.72. The van der Waals surface area contributed by atoms with Crippen molar-refractivity contribution in [3.8, 4) is 28.7 Å². The van der Waals surface area contributed by atoms with Crippen LogP contribution in [-0.4, -0.2) is 26.2 Å². The molecule has 0 fully saturated rings. The summed E-state index contributed by atoms with van der Waals surface area (Å²) in [6, 6.07) is 22.6. The van der Waals surface area contributed by atoms with Gasteiger partial charge in [0.1, 0.15) is 0 Å². The van der Waals surface area contributed by atoms with E-state index in [1.165, 1.54) is 4.68 Å². The summed E-state index contributed by atoms with van der Waals surface area (Å²) in [5, 5.41) is 9.92. The largest absolute Gasteiger partial charge is 0.332 e. The molecule has 2 heterocycles. The Morgan fingerprint density at radius 1 is 0.968 bits per heavy atom. The fraction of sp³-hybridized carbons (Fsp3) is 0.0435. The standard InChI is InChI=1S/C23H15BrN4O2S/c1-31-17-11-9-14(10-12-17)21-25-22(30-27-21)20-18-7-2-3-8-19(18)23(29)28(26-20)16-6-4-5-15(24)13-16/h2-13H,1H3. The molecular weight excluding hydrogens is 476 g/mol. The van der Waals surface area contributed by atoms with Crippen LogP contribution in [0.25, 0.3) is 39.4 Å². The minimum Gasteiger partial charge on any atom is -0.332 e. The monoisotopic (exact) mass is 490 g/mol. The molecule has 5 aromatic rings. The maximum atomic E-state index is 13.1. The normalized spacial score (nSPS) is 11.2. The topological polar surface area (TPSA) is 73.8 Å². The van der Waals surface area contributed by atoms with Gasteiger partial charge in [-0.05, 0) is 54.8 Å². The Bertz CT molecular complexity index is 1460. The average molecular weight is 491 g/mol. The van der Waals surface area contributed by atoms with E-state index in [-0.39, 0.29) is 11.4 Å². The first-order chi connectivity index (χ1) is 15.1. The number of aromatic nitrogens is 4. The highest BCUT2D eigenvalue weighted by Gasteiger charge is 2.19. The minimum absolute atomic E-state index is 0.218. The van der Waals surface area contributed by atoms with E-state index >= 15 is 0 Å². The van der Waals surface area contributed by atoms with Gasteiger partial charge in [-0.25, -0.2) is 0 Å². The first-order valence-corrected chi connectivity index (χ1v) is 11.4. The Labute approximate surface area is 190 Å². The molecule has 3 aromatic carbocycles. The molecule has 0 unspecified atom stereocenters. The van der Waals surface area contributed by atoms with E-state index in [9.17, 15) is 4.79 Å². The summed E-state index contributed by atoms with van der Waals surface area (Å²) < 4.78 is 7.78. The number of hydrogen-bond acceptors (Lipinski definition) is 6. The van der Waals surface area contributed by atoms with E-state index < -0.39 is 0 Å². The van der Waals surface area contributed by atoms with Crippen LogP contribution >= 0.6 is 27.7 Å². The van der Waals surface area contributed by atoms with Crippen molar-refractivity contribution in [2.24, 2.45) is 0 Å². The molecule has 0 saturated heterocycles. The predicted octanol–water partition coefficient (Wildman–Crippen LogP) is 5.59. The van der Waals surface area contributed by atoms with Crippen LogP contribution in [0.4, 0.5) is 0 Å². The Balaban J connectivity index is 1.69. The molecule has 8 heteroatoms. The third-order valence-corrected chi connectivity index (χ3v) is 6.07. The Kier molecular flexibility index (Phi) is 5.17. The Morgan fingerprint density at radius 2 is 1.74 bits per heavy atom. The molecule has 0 aliphatic heterocycles. The number of benzene rings is 3. The molecule has 0 atom stereocenters. The van der Waals surface area contributed by atoms with Crippen molar-refractivity contribution in [1.29, 1.82) is 0 Å². The third kappa shape index (κ3) is 3.68. The molecule has 0 saturated carbocycles. The third-order valence-electron chi connectivity index (χ3n) is 4.83. The highest BCUT2D eigenvalue weighted by atomic mass is 79.9. The molecule has 0 N–H and O–H groups in total. The maximum Gasteiger partial charge on any atom is 0.279 e. The van der Waals surface area contributed by atoms with Gasteiger partial charge in [-0.1, -0.05) is 45.4 Å². The zero-order valence-electron chi connectivity index (χ0n) is 16.3. The van der Waals surface area contributed by atoms with Gasteiger partial charge in [-0.3, -0.25) is 4.79 Å². The number of fused-ring (bicyclic) bond motifs is 1. The lowest BCUT2D eigenvalue weighted by Gasteiger charge is -2.09. The number of nitrogens with zero attached hydrogens (tertiary/aromatic N) is 4. The fourth-order valence-electron chi connectivity index (χ4n) is 3.31. The molecule has 5 rings (SSSR count). The molecule has 0 aliphatic rings. The molecule has 6 nitrogen and oxygen atoms in total. The summed E-state index contributed by atoms with van der Waals surface area (Å²) in [6.45, 7) is 0. The lowest BCUT2D eigenvalue weighted by molar-refractivity contribution is 0.430. The van der Waals surface area contributed by atoms with Crippen LogP contribution in [0.3, 0.4) is 0 Å². The van der Waals surface area contributed by atoms with Gasteiger partial charge in [0, 0.05) is 20.3 Å². The van der Waals surface area contributed by atoms with Crippen LogP contribution in [0.15, 0.2) is 91.5 Å². The smallest absolute Gasteiger partial charge is 0.279 e. The van der Waals surface area contributed by atoms with Crippen LogP contribution in [0.5, 0.6) is 0 Å². The quantitative estimate of drug-likeness (QED) is 0.306. The second kappa shape index (κ2) is 8.13. The maximum absolute atomic E-state index is 13.1. The summed E-state index contributed by atoms with van der Waals surface area (Å²) in [6.07, 6.45) is 2.03. The Hall–Kier alpha value is -3.23. The second-order valence-electron chi connectivity index (χ2n) is 6.74. The van der Waals surface area contributed by atoms with Gasteiger partial charge in [-0.15, -0.1) is 11.8 Å². The van der Waals surface area contributed by atoms with Gasteiger partial charge >= 0.3 is 0 Å². The van der Waals surface area contributed by atoms with Gasteiger partial charge in [0.25, 0.3) is 11.4 Å². The van der Waals surface area contributed by atoms with Crippen molar-refractivity contribution >= 4 is 38.5 Å². The molecular formula is C23H15BrN4O2S. The predicted molar refractivity (Wildman–Crippen MR) is 126 cm³/mol. The first-order valence-electron chi connectivity index (χ1n) is 9.40. The zero-order chi connectivity index (χ0) is 21.4. The van der Waals surface area contributed by atoms with Crippen LogP contribution < -0.4 is 5.56 Å². The Morgan fingerprint density at radius 3 is 2.48 bits per heavy atom.